The molecule has 0 bridgehead atoms. The van der Waals surface area contributed by atoms with Crippen LogP contribution in [0.15, 0.2) is 18.2 Å². The lowest BCUT2D eigenvalue weighted by atomic mass is 10.0. The van der Waals surface area contributed by atoms with Gasteiger partial charge in [0.05, 0.1) is 5.48 Å². The van der Waals surface area contributed by atoms with Gasteiger partial charge in [-0.3, -0.25) is 19.7 Å². The van der Waals surface area contributed by atoms with E-state index in [9.17, 15) is 14.4 Å². The summed E-state index contributed by atoms with van der Waals surface area (Å²) in [6.45, 7) is -2.40. The first-order valence-electron chi connectivity index (χ1n) is 7.73. The van der Waals surface area contributed by atoms with Crippen molar-refractivity contribution < 1.29 is 19.9 Å². The summed E-state index contributed by atoms with van der Waals surface area (Å²) in [5.74, 6) is -2.11. The largest absolute Gasteiger partial charge is 0.398 e. The number of carbonyl (C=O) groups is 3. The molecule has 0 aliphatic carbocycles. The van der Waals surface area contributed by atoms with Gasteiger partial charge in [0, 0.05) is 29.7 Å². The fraction of sp³-hybridized carbons (Fsp3) is 0.308. The summed E-state index contributed by atoms with van der Waals surface area (Å²) in [6.07, 6.45) is -0.0234. The Morgan fingerprint density at radius 2 is 2.26 bits per heavy atom. The van der Waals surface area contributed by atoms with Gasteiger partial charge >= 0.3 is 0 Å². The number of hydrogen-bond acceptors (Lipinski definition) is 4. The predicted molar refractivity (Wildman–Crippen MR) is 66.9 cm³/mol. The molecule has 3 N–H and O–H groups in total. The molecule has 19 heavy (non-hydrogen) atoms. The first kappa shape index (κ1) is 7.93. The number of benzene rings is 1. The van der Waals surface area contributed by atoms with Crippen LogP contribution in [-0.4, -0.2) is 28.7 Å². The molecule has 3 rings (SSSR count). The van der Waals surface area contributed by atoms with Crippen LogP contribution in [0.5, 0.6) is 0 Å². The highest BCUT2D eigenvalue weighted by Gasteiger charge is 2.39. The third-order valence-electron chi connectivity index (χ3n) is 3.15. The van der Waals surface area contributed by atoms with E-state index in [1.807, 2.05) is 0 Å². The maximum absolute atomic E-state index is 12.6. The van der Waals surface area contributed by atoms with Crippen molar-refractivity contribution in [2.75, 3.05) is 5.73 Å². The minimum atomic E-state index is -2.40. The van der Waals surface area contributed by atoms with E-state index in [-0.39, 0.29) is 35.7 Å². The standard InChI is InChI=1S/C13H13N3O3/c14-9-3-1-2-7-8(9)6-16(13(7)19)10-4-5-11(17)15-12(10)18/h1-3,10H,4-6,14H2,(H,15,17,18)/i1D,2D,6D2. The normalized spacial score (nSPS) is 28.1. The van der Waals surface area contributed by atoms with Crippen molar-refractivity contribution >= 4 is 23.4 Å². The van der Waals surface area contributed by atoms with Crippen LogP contribution in [0, 0.1) is 0 Å². The van der Waals surface area contributed by atoms with Crippen LogP contribution in [-0.2, 0) is 16.1 Å². The molecule has 6 heteroatoms. The summed E-state index contributed by atoms with van der Waals surface area (Å²) in [7, 11) is 0. The minimum Gasteiger partial charge on any atom is -0.398 e. The van der Waals surface area contributed by atoms with Gasteiger partial charge in [0.2, 0.25) is 11.8 Å². The fourth-order valence-corrected chi connectivity index (χ4v) is 2.19. The molecule has 1 fully saturated rings. The minimum absolute atomic E-state index is 0.00905. The molecular weight excluding hydrogens is 246 g/mol. The number of imide groups is 1. The SMILES string of the molecule is [2H]c1cc(N)c2c(c1[2H])C(=O)N(C1CCC(=O)NC1=O)C2([2H])[2H]. The van der Waals surface area contributed by atoms with Crippen LogP contribution < -0.4 is 11.1 Å². The lowest BCUT2D eigenvalue weighted by Crippen LogP contribution is -2.52. The number of piperidine rings is 1. The van der Waals surface area contributed by atoms with Crippen molar-refractivity contribution in [1.82, 2.24) is 10.2 Å². The molecule has 2 heterocycles. The van der Waals surface area contributed by atoms with E-state index in [0.29, 0.717) is 4.90 Å². The van der Waals surface area contributed by atoms with E-state index in [4.69, 9.17) is 11.2 Å². The Hall–Kier alpha value is -2.37. The Bertz CT molecular complexity index is 765. The van der Waals surface area contributed by atoms with Crippen LogP contribution in [0.2, 0.25) is 0 Å². The van der Waals surface area contributed by atoms with Gasteiger partial charge in [-0.15, -0.1) is 0 Å². The van der Waals surface area contributed by atoms with Gasteiger partial charge in [-0.25, -0.2) is 0 Å². The van der Waals surface area contributed by atoms with Gasteiger partial charge in [0.25, 0.3) is 5.91 Å². The van der Waals surface area contributed by atoms with Crippen LogP contribution in [0.25, 0.3) is 0 Å². The Labute approximate surface area is 115 Å². The summed E-state index contributed by atoms with van der Waals surface area (Å²) < 4.78 is 31.9. The number of nitrogens with one attached hydrogen (secondary N) is 1. The number of carbonyl (C=O) groups excluding carboxylic acids is 3. The van der Waals surface area contributed by atoms with E-state index >= 15 is 0 Å². The molecule has 0 saturated carbocycles. The number of hydrogen-bond donors (Lipinski definition) is 2. The molecule has 1 unspecified atom stereocenters. The Morgan fingerprint density at radius 3 is 3.00 bits per heavy atom. The molecule has 6 nitrogen and oxygen atoms in total. The topological polar surface area (TPSA) is 92.5 Å². The lowest BCUT2D eigenvalue weighted by Gasteiger charge is -2.29. The zero-order valence-electron chi connectivity index (χ0n) is 13.8. The number of nitrogens with two attached hydrogens (primary N) is 1. The zero-order valence-corrected chi connectivity index (χ0v) is 9.82. The molecule has 0 aromatic heterocycles. The molecule has 0 radical (unpaired) electrons. The Kier molecular flexibility index (Phi) is 1.70. The Balaban J connectivity index is 2.14. The molecule has 1 aromatic carbocycles. The highest BCUT2D eigenvalue weighted by atomic mass is 16.2. The van der Waals surface area contributed by atoms with Crippen LogP contribution >= 0.6 is 0 Å². The summed E-state index contributed by atoms with van der Waals surface area (Å²) in [5, 5.41) is 2.08. The molecule has 98 valence electrons. The molecule has 1 saturated heterocycles. The second kappa shape index (κ2) is 4.08. The smallest absolute Gasteiger partial charge is 0.255 e. The summed E-state index contributed by atoms with van der Waals surface area (Å²) in [6, 6.07) is -0.788. The van der Waals surface area contributed by atoms with Crippen LogP contribution in [0.3, 0.4) is 0 Å². The summed E-state index contributed by atoms with van der Waals surface area (Å²) in [5.41, 5.74) is 5.13. The average molecular weight is 263 g/mol. The second-order valence-corrected chi connectivity index (χ2v) is 4.37. The third-order valence-corrected chi connectivity index (χ3v) is 3.15. The van der Waals surface area contributed by atoms with Gasteiger partial charge in [0.1, 0.15) is 6.04 Å². The van der Waals surface area contributed by atoms with Gasteiger partial charge in [-0.2, -0.15) is 0 Å². The van der Waals surface area contributed by atoms with Crippen molar-refractivity contribution in [3.05, 3.63) is 29.3 Å². The van der Waals surface area contributed by atoms with Crippen LogP contribution in [0.4, 0.5) is 5.69 Å². The fourth-order valence-electron chi connectivity index (χ4n) is 2.19. The number of rotatable bonds is 1. The highest BCUT2D eigenvalue weighted by molar-refractivity contribution is 6.06. The van der Waals surface area contributed by atoms with Crippen molar-refractivity contribution in [3.63, 3.8) is 0 Å². The van der Waals surface area contributed by atoms with Crippen LogP contribution in [0.1, 0.15) is 34.2 Å². The third kappa shape index (κ3) is 1.76. The molecule has 1 aromatic rings. The zero-order chi connectivity index (χ0) is 17.1. The van der Waals surface area contributed by atoms with Gasteiger partial charge in [0.15, 0.2) is 0 Å². The molecular formula is C13H13N3O3. The van der Waals surface area contributed by atoms with Gasteiger partial charge in [-0.1, -0.05) is 6.04 Å². The molecule has 2 aliphatic heterocycles. The quantitative estimate of drug-likeness (QED) is 0.552. The number of fused-ring (bicyclic) bond motifs is 1. The van der Waals surface area contributed by atoms with E-state index in [0.717, 1.165) is 6.07 Å². The number of nitrogens with zero attached hydrogens (tertiary/aromatic N) is 1. The molecule has 3 amide bonds. The Morgan fingerprint density at radius 1 is 1.47 bits per heavy atom. The number of nitrogen functional groups attached to an aromatic ring is 1. The maximum Gasteiger partial charge on any atom is 0.255 e. The van der Waals surface area contributed by atoms with Gasteiger partial charge in [-0.05, 0) is 18.5 Å². The van der Waals surface area contributed by atoms with E-state index in [1.54, 1.807) is 0 Å². The van der Waals surface area contributed by atoms with Crippen molar-refractivity contribution in [1.29, 1.82) is 0 Å². The molecule has 1 atom stereocenters. The first-order chi connectivity index (χ1) is 10.7. The van der Waals surface area contributed by atoms with E-state index in [2.05, 4.69) is 5.32 Å². The van der Waals surface area contributed by atoms with Crippen molar-refractivity contribution in [2.24, 2.45) is 0 Å². The number of amides is 3. The lowest BCUT2D eigenvalue weighted by molar-refractivity contribution is -0.136. The maximum atomic E-state index is 12.6. The molecule has 0 spiro atoms. The van der Waals surface area contributed by atoms with E-state index in [1.165, 1.54) is 0 Å². The van der Waals surface area contributed by atoms with E-state index < -0.39 is 36.3 Å². The summed E-state index contributed by atoms with van der Waals surface area (Å²) in [4.78, 5) is 36.6. The number of anilines is 1. The van der Waals surface area contributed by atoms with Crippen molar-refractivity contribution in [3.8, 4) is 0 Å². The monoisotopic (exact) mass is 263 g/mol. The van der Waals surface area contributed by atoms with Gasteiger partial charge < -0.3 is 10.6 Å². The second-order valence-electron chi connectivity index (χ2n) is 4.37. The highest BCUT2D eigenvalue weighted by Crippen LogP contribution is 2.30. The molecule has 2 aliphatic rings. The summed E-state index contributed by atoms with van der Waals surface area (Å²) >= 11 is 0. The first-order valence-corrected chi connectivity index (χ1v) is 5.73. The average Bonchev–Trinajstić information content (AvgIpc) is 2.64. The predicted octanol–water partition coefficient (Wildman–Crippen LogP) is 0.0298. The van der Waals surface area contributed by atoms with Crippen molar-refractivity contribution in [2.45, 2.75) is 25.4 Å².